The van der Waals surface area contributed by atoms with Gasteiger partial charge in [-0.05, 0) is 44.1 Å². The number of nitrogens with zero attached hydrogens (tertiary/aromatic N) is 3. The summed E-state index contributed by atoms with van der Waals surface area (Å²) in [5.74, 6) is 1.15. The molecule has 0 aliphatic carbocycles. The van der Waals surface area contributed by atoms with E-state index in [0.29, 0.717) is 31.3 Å². The zero-order valence-electron chi connectivity index (χ0n) is 18.0. The third kappa shape index (κ3) is 4.91. The second-order valence-corrected chi connectivity index (χ2v) is 9.87. The second-order valence-electron chi connectivity index (χ2n) is 8.81. The fourth-order valence-corrected chi connectivity index (χ4v) is 5.22. The van der Waals surface area contributed by atoms with Crippen molar-refractivity contribution in [2.24, 2.45) is 11.8 Å². The van der Waals surface area contributed by atoms with Crippen LogP contribution in [0.5, 0.6) is 0 Å². The van der Waals surface area contributed by atoms with Gasteiger partial charge >= 0.3 is 0 Å². The lowest BCUT2D eigenvalue weighted by Crippen LogP contribution is -2.47. The van der Waals surface area contributed by atoms with E-state index in [2.05, 4.69) is 22.2 Å². The van der Waals surface area contributed by atoms with E-state index in [-0.39, 0.29) is 11.8 Å². The van der Waals surface area contributed by atoms with Gasteiger partial charge in [-0.3, -0.25) is 9.59 Å². The quantitative estimate of drug-likeness (QED) is 0.739. The van der Waals surface area contributed by atoms with E-state index in [1.807, 2.05) is 36.1 Å². The number of aryl methyl sites for hydroxylation is 1. The van der Waals surface area contributed by atoms with E-state index in [0.717, 1.165) is 54.2 Å². The maximum absolute atomic E-state index is 12.8. The Hall–Kier alpha value is -2.21. The van der Waals surface area contributed by atoms with Crippen molar-refractivity contribution < 1.29 is 9.59 Å². The van der Waals surface area contributed by atoms with Crippen molar-refractivity contribution in [1.82, 2.24) is 14.8 Å². The van der Waals surface area contributed by atoms with Crippen LogP contribution >= 0.6 is 11.3 Å². The molecule has 0 radical (unpaired) electrons. The molecule has 5 nitrogen and oxygen atoms in total. The minimum atomic E-state index is 0.0835. The Balaban J connectivity index is 1.27. The second kappa shape index (κ2) is 9.29. The van der Waals surface area contributed by atoms with Crippen LogP contribution in [0.25, 0.3) is 11.3 Å². The Kier molecular flexibility index (Phi) is 6.52. The van der Waals surface area contributed by atoms with E-state index in [4.69, 9.17) is 0 Å². The van der Waals surface area contributed by atoms with Crippen molar-refractivity contribution in [3.8, 4) is 11.3 Å². The molecule has 1 aromatic carbocycles. The number of hydrogen-bond acceptors (Lipinski definition) is 4. The number of hydrogen-bond donors (Lipinski definition) is 0. The molecule has 2 aromatic rings. The van der Waals surface area contributed by atoms with Crippen molar-refractivity contribution in [2.45, 2.75) is 46.0 Å². The Labute approximate surface area is 183 Å². The molecule has 3 heterocycles. The summed E-state index contributed by atoms with van der Waals surface area (Å²) in [6.07, 6.45) is 4.33. The van der Waals surface area contributed by atoms with Crippen molar-refractivity contribution in [3.63, 3.8) is 0 Å². The number of amides is 2. The van der Waals surface area contributed by atoms with E-state index in [9.17, 15) is 9.59 Å². The molecule has 1 aromatic heterocycles. The van der Waals surface area contributed by atoms with E-state index < -0.39 is 0 Å². The molecule has 1 atom stereocenters. The first-order valence-corrected chi connectivity index (χ1v) is 12.0. The highest BCUT2D eigenvalue weighted by Gasteiger charge is 2.31. The highest BCUT2D eigenvalue weighted by molar-refractivity contribution is 7.09. The maximum Gasteiger partial charge on any atom is 0.226 e. The van der Waals surface area contributed by atoms with Gasteiger partial charge < -0.3 is 9.80 Å². The number of carbonyl (C=O) groups is 2. The lowest BCUT2D eigenvalue weighted by Gasteiger charge is -2.37. The normalized spacial score (nSPS) is 20.4. The Morgan fingerprint density at radius 2 is 1.80 bits per heavy atom. The van der Waals surface area contributed by atoms with Crippen LogP contribution in [0.2, 0.25) is 0 Å². The summed E-state index contributed by atoms with van der Waals surface area (Å²) in [4.78, 5) is 34.1. The van der Waals surface area contributed by atoms with Crippen molar-refractivity contribution in [1.29, 1.82) is 0 Å². The zero-order chi connectivity index (χ0) is 21.1. The first-order chi connectivity index (χ1) is 14.5. The molecule has 0 spiro atoms. The molecule has 1 unspecified atom stereocenters. The van der Waals surface area contributed by atoms with Gasteiger partial charge in [0.15, 0.2) is 0 Å². The number of likely N-dealkylation sites (tertiary alicyclic amines) is 2. The standard InChI is InChI=1S/C24H31N3O2S/c1-17-4-3-11-27(15-17)24(29)21-9-12-26(13-10-21)23(28)14-19-5-7-20(8-6-19)22-16-30-18(2)25-22/h5-8,16-17,21H,3-4,9-15H2,1-2H3. The monoisotopic (exact) mass is 425 g/mol. The predicted octanol–water partition coefficient (Wildman–Crippen LogP) is 4.16. The average Bonchev–Trinajstić information content (AvgIpc) is 3.20. The Morgan fingerprint density at radius 1 is 1.07 bits per heavy atom. The SMILES string of the molecule is Cc1nc(-c2ccc(CC(=O)N3CCC(C(=O)N4CCCC(C)C4)CC3)cc2)cs1. The van der Waals surface area contributed by atoms with Crippen LogP contribution in [0.1, 0.15) is 43.2 Å². The molecule has 160 valence electrons. The Morgan fingerprint density at radius 3 is 2.43 bits per heavy atom. The zero-order valence-corrected chi connectivity index (χ0v) is 18.8. The third-order valence-electron chi connectivity index (χ3n) is 6.39. The molecule has 2 fully saturated rings. The summed E-state index contributed by atoms with van der Waals surface area (Å²) in [5, 5.41) is 3.12. The summed E-state index contributed by atoms with van der Waals surface area (Å²) < 4.78 is 0. The summed E-state index contributed by atoms with van der Waals surface area (Å²) >= 11 is 1.65. The molecular weight excluding hydrogens is 394 g/mol. The summed E-state index contributed by atoms with van der Waals surface area (Å²) in [6.45, 7) is 7.41. The summed E-state index contributed by atoms with van der Waals surface area (Å²) in [7, 11) is 0. The van der Waals surface area contributed by atoms with Crippen LogP contribution in [-0.2, 0) is 16.0 Å². The number of rotatable bonds is 4. The highest BCUT2D eigenvalue weighted by Crippen LogP contribution is 2.25. The van der Waals surface area contributed by atoms with Crippen molar-refractivity contribution in [3.05, 3.63) is 40.2 Å². The molecule has 6 heteroatoms. The lowest BCUT2D eigenvalue weighted by molar-refractivity contribution is -0.141. The lowest BCUT2D eigenvalue weighted by atomic mass is 9.92. The number of carbonyl (C=O) groups excluding carboxylic acids is 2. The number of benzene rings is 1. The Bertz CT molecular complexity index is 884. The molecule has 2 aliphatic heterocycles. The van der Waals surface area contributed by atoms with E-state index >= 15 is 0 Å². The number of piperidine rings is 2. The van der Waals surface area contributed by atoms with Crippen LogP contribution in [0, 0.1) is 18.8 Å². The molecule has 0 N–H and O–H groups in total. The summed E-state index contributed by atoms with van der Waals surface area (Å²) in [6, 6.07) is 8.13. The van der Waals surface area contributed by atoms with Crippen LogP contribution in [0.15, 0.2) is 29.6 Å². The topological polar surface area (TPSA) is 53.5 Å². The van der Waals surface area contributed by atoms with Gasteiger partial charge in [-0.2, -0.15) is 0 Å². The van der Waals surface area contributed by atoms with Gasteiger partial charge in [0.25, 0.3) is 0 Å². The van der Waals surface area contributed by atoms with E-state index in [1.54, 1.807) is 11.3 Å². The molecule has 4 rings (SSSR count). The van der Waals surface area contributed by atoms with Crippen molar-refractivity contribution in [2.75, 3.05) is 26.2 Å². The van der Waals surface area contributed by atoms with Crippen LogP contribution < -0.4 is 0 Å². The van der Waals surface area contributed by atoms with Gasteiger partial charge in [0.1, 0.15) is 0 Å². The van der Waals surface area contributed by atoms with Gasteiger partial charge in [0.05, 0.1) is 17.1 Å². The number of aromatic nitrogens is 1. The predicted molar refractivity (Wildman–Crippen MR) is 120 cm³/mol. The molecule has 30 heavy (non-hydrogen) atoms. The van der Waals surface area contributed by atoms with Crippen LogP contribution in [0.3, 0.4) is 0 Å². The smallest absolute Gasteiger partial charge is 0.226 e. The molecule has 2 saturated heterocycles. The summed E-state index contributed by atoms with van der Waals surface area (Å²) in [5.41, 5.74) is 3.10. The molecular formula is C24H31N3O2S. The first-order valence-electron chi connectivity index (χ1n) is 11.1. The fourth-order valence-electron chi connectivity index (χ4n) is 4.60. The first kappa shape index (κ1) is 21.0. The van der Waals surface area contributed by atoms with E-state index in [1.165, 1.54) is 6.42 Å². The largest absolute Gasteiger partial charge is 0.342 e. The molecule has 2 aliphatic rings. The maximum atomic E-state index is 12.8. The van der Waals surface area contributed by atoms with Gasteiger partial charge in [-0.1, -0.05) is 31.2 Å². The highest BCUT2D eigenvalue weighted by atomic mass is 32.1. The van der Waals surface area contributed by atoms with Gasteiger partial charge in [-0.25, -0.2) is 4.98 Å². The molecule has 0 bridgehead atoms. The minimum absolute atomic E-state index is 0.0835. The van der Waals surface area contributed by atoms with Crippen LogP contribution in [-0.4, -0.2) is 52.8 Å². The molecule has 2 amide bonds. The number of thiazole rings is 1. The van der Waals surface area contributed by atoms with Gasteiger partial charge in [-0.15, -0.1) is 11.3 Å². The van der Waals surface area contributed by atoms with Crippen LogP contribution in [0.4, 0.5) is 0 Å². The van der Waals surface area contributed by atoms with Gasteiger partial charge in [0, 0.05) is 43.0 Å². The minimum Gasteiger partial charge on any atom is -0.342 e. The van der Waals surface area contributed by atoms with Crippen molar-refractivity contribution >= 4 is 23.2 Å². The van der Waals surface area contributed by atoms with Gasteiger partial charge in [0.2, 0.25) is 11.8 Å². The molecule has 0 saturated carbocycles. The fraction of sp³-hybridized carbons (Fsp3) is 0.542. The third-order valence-corrected chi connectivity index (χ3v) is 7.16. The average molecular weight is 426 g/mol.